The number of rotatable bonds is 4. The number of thiazole rings is 1. The zero-order valence-corrected chi connectivity index (χ0v) is 11.3. The molecule has 0 amide bonds. The summed E-state index contributed by atoms with van der Waals surface area (Å²) in [6, 6.07) is 2.18. The van der Waals surface area contributed by atoms with Gasteiger partial charge in [-0.2, -0.15) is 0 Å². The molecule has 1 N–H and O–H groups in total. The normalized spacial score (nSPS) is 10.5. The highest BCUT2D eigenvalue weighted by atomic mass is 32.1. The molecule has 2 aromatic heterocycles. The van der Waals surface area contributed by atoms with Crippen LogP contribution in [0.4, 0.5) is 5.13 Å². The van der Waals surface area contributed by atoms with Crippen LogP contribution in [0.5, 0.6) is 0 Å². The SMILES string of the molecule is C=CCNc1nc(-c2cc(C)n(C)c2C)cs1. The fourth-order valence-corrected chi connectivity index (χ4v) is 2.47. The zero-order valence-electron chi connectivity index (χ0n) is 10.4. The molecule has 0 aliphatic heterocycles. The summed E-state index contributed by atoms with van der Waals surface area (Å²) >= 11 is 1.63. The Hall–Kier alpha value is -1.55. The average Bonchev–Trinajstić information content (AvgIpc) is 2.87. The molecule has 3 nitrogen and oxygen atoms in total. The third kappa shape index (κ3) is 2.26. The highest BCUT2D eigenvalue weighted by molar-refractivity contribution is 7.14. The molecule has 0 fully saturated rings. The lowest BCUT2D eigenvalue weighted by molar-refractivity contribution is 0.845. The van der Waals surface area contributed by atoms with Gasteiger partial charge in [-0.05, 0) is 19.9 Å². The second kappa shape index (κ2) is 4.75. The van der Waals surface area contributed by atoms with E-state index in [1.807, 2.05) is 6.08 Å². The van der Waals surface area contributed by atoms with Crippen molar-refractivity contribution in [3.8, 4) is 11.3 Å². The number of aromatic nitrogens is 2. The number of hydrogen-bond acceptors (Lipinski definition) is 3. The fourth-order valence-electron chi connectivity index (χ4n) is 1.75. The number of nitrogens with zero attached hydrogens (tertiary/aromatic N) is 2. The summed E-state index contributed by atoms with van der Waals surface area (Å²) in [5.74, 6) is 0. The molecular formula is C13H17N3S. The van der Waals surface area contributed by atoms with E-state index in [0.29, 0.717) is 0 Å². The molecule has 0 aliphatic carbocycles. The molecule has 0 atom stereocenters. The Morgan fingerprint density at radius 2 is 2.29 bits per heavy atom. The number of hydrogen-bond donors (Lipinski definition) is 1. The van der Waals surface area contributed by atoms with Gasteiger partial charge in [0.2, 0.25) is 0 Å². The van der Waals surface area contributed by atoms with E-state index in [9.17, 15) is 0 Å². The van der Waals surface area contributed by atoms with Crippen LogP contribution < -0.4 is 5.32 Å². The number of aryl methyl sites for hydroxylation is 1. The molecule has 2 aromatic rings. The smallest absolute Gasteiger partial charge is 0.183 e. The van der Waals surface area contributed by atoms with Gasteiger partial charge in [0.15, 0.2) is 5.13 Å². The standard InChI is InChI=1S/C13H17N3S/c1-5-6-14-13-15-12(8-17-13)11-7-9(2)16(4)10(11)3/h5,7-8H,1,6H2,2-4H3,(H,14,15). The van der Waals surface area contributed by atoms with Crippen LogP contribution in [0.2, 0.25) is 0 Å². The third-order valence-corrected chi connectivity index (χ3v) is 3.75. The van der Waals surface area contributed by atoms with Gasteiger partial charge in [0.05, 0.1) is 5.69 Å². The van der Waals surface area contributed by atoms with E-state index in [1.165, 1.54) is 17.0 Å². The van der Waals surface area contributed by atoms with Gasteiger partial charge in [-0.3, -0.25) is 0 Å². The lowest BCUT2D eigenvalue weighted by atomic mass is 10.2. The molecule has 0 radical (unpaired) electrons. The topological polar surface area (TPSA) is 29.9 Å². The Bertz CT molecular complexity index is 537. The molecule has 0 unspecified atom stereocenters. The Labute approximate surface area is 106 Å². The van der Waals surface area contributed by atoms with Gasteiger partial charge in [-0.25, -0.2) is 4.98 Å². The van der Waals surface area contributed by atoms with Crippen molar-refractivity contribution in [1.29, 1.82) is 0 Å². The van der Waals surface area contributed by atoms with Crippen molar-refractivity contribution in [2.75, 3.05) is 11.9 Å². The van der Waals surface area contributed by atoms with Crippen LogP contribution in [0, 0.1) is 13.8 Å². The minimum absolute atomic E-state index is 0.750. The molecular weight excluding hydrogens is 230 g/mol. The van der Waals surface area contributed by atoms with Crippen LogP contribution in [0.15, 0.2) is 24.1 Å². The molecule has 90 valence electrons. The quantitative estimate of drug-likeness (QED) is 0.840. The van der Waals surface area contributed by atoms with Crippen LogP contribution in [0.3, 0.4) is 0 Å². The van der Waals surface area contributed by atoms with E-state index >= 15 is 0 Å². The largest absolute Gasteiger partial charge is 0.358 e. The summed E-state index contributed by atoms with van der Waals surface area (Å²) in [5.41, 5.74) is 4.77. The fraction of sp³-hybridized carbons (Fsp3) is 0.308. The Balaban J connectivity index is 2.30. The van der Waals surface area contributed by atoms with Crippen molar-refractivity contribution in [1.82, 2.24) is 9.55 Å². The first-order chi connectivity index (χ1) is 8.13. The highest BCUT2D eigenvalue weighted by Gasteiger charge is 2.11. The minimum atomic E-state index is 0.750. The van der Waals surface area contributed by atoms with Gasteiger partial charge in [-0.15, -0.1) is 17.9 Å². The van der Waals surface area contributed by atoms with Crippen LogP contribution in [-0.2, 0) is 7.05 Å². The lowest BCUT2D eigenvalue weighted by Gasteiger charge is -2.00. The monoisotopic (exact) mass is 247 g/mol. The Morgan fingerprint density at radius 3 is 2.88 bits per heavy atom. The van der Waals surface area contributed by atoms with Gasteiger partial charge in [0, 0.05) is 35.9 Å². The molecule has 17 heavy (non-hydrogen) atoms. The van der Waals surface area contributed by atoms with E-state index in [4.69, 9.17) is 0 Å². The summed E-state index contributed by atoms with van der Waals surface area (Å²) in [5, 5.41) is 6.24. The van der Waals surface area contributed by atoms with Crippen LogP contribution in [0.25, 0.3) is 11.3 Å². The molecule has 2 heterocycles. The molecule has 0 bridgehead atoms. The first-order valence-corrected chi connectivity index (χ1v) is 6.45. The van der Waals surface area contributed by atoms with Gasteiger partial charge in [0.1, 0.15) is 0 Å². The summed E-state index contributed by atoms with van der Waals surface area (Å²) in [6.07, 6.45) is 1.83. The van der Waals surface area contributed by atoms with E-state index < -0.39 is 0 Å². The number of nitrogens with one attached hydrogen (secondary N) is 1. The third-order valence-electron chi connectivity index (χ3n) is 2.95. The highest BCUT2D eigenvalue weighted by Crippen LogP contribution is 2.29. The summed E-state index contributed by atoms with van der Waals surface area (Å²) in [7, 11) is 2.08. The van der Waals surface area contributed by atoms with Crippen molar-refractivity contribution in [2.45, 2.75) is 13.8 Å². The summed E-state index contributed by atoms with van der Waals surface area (Å²) in [6.45, 7) is 8.66. The second-order valence-electron chi connectivity index (χ2n) is 4.05. The Kier molecular flexibility index (Phi) is 3.33. The van der Waals surface area contributed by atoms with Crippen LogP contribution >= 0.6 is 11.3 Å². The maximum absolute atomic E-state index is 4.58. The first kappa shape index (κ1) is 11.9. The predicted molar refractivity (Wildman–Crippen MR) is 74.7 cm³/mol. The van der Waals surface area contributed by atoms with Gasteiger partial charge in [-0.1, -0.05) is 6.08 Å². The van der Waals surface area contributed by atoms with Gasteiger partial charge >= 0.3 is 0 Å². The zero-order chi connectivity index (χ0) is 12.4. The summed E-state index contributed by atoms with van der Waals surface area (Å²) < 4.78 is 2.19. The van der Waals surface area contributed by atoms with Crippen molar-refractivity contribution in [3.05, 3.63) is 35.5 Å². The van der Waals surface area contributed by atoms with Crippen molar-refractivity contribution in [3.63, 3.8) is 0 Å². The van der Waals surface area contributed by atoms with Gasteiger partial charge in [0.25, 0.3) is 0 Å². The van der Waals surface area contributed by atoms with E-state index in [-0.39, 0.29) is 0 Å². The van der Waals surface area contributed by atoms with E-state index in [1.54, 1.807) is 11.3 Å². The maximum Gasteiger partial charge on any atom is 0.183 e. The van der Waals surface area contributed by atoms with E-state index in [2.05, 4.69) is 53.8 Å². The van der Waals surface area contributed by atoms with Crippen molar-refractivity contribution >= 4 is 16.5 Å². The minimum Gasteiger partial charge on any atom is -0.358 e. The van der Waals surface area contributed by atoms with Crippen molar-refractivity contribution < 1.29 is 0 Å². The first-order valence-electron chi connectivity index (χ1n) is 5.57. The van der Waals surface area contributed by atoms with Crippen LogP contribution in [-0.4, -0.2) is 16.1 Å². The lowest BCUT2D eigenvalue weighted by Crippen LogP contribution is -1.96. The molecule has 0 aliphatic rings. The number of anilines is 1. The molecule has 4 heteroatoms. The molecule has 2 rings (SSSR count). The van der Waals surface area contributed by atoms with E-state index in [0.717, 1.165) is 17.4 Å². The Morgan fingerprint density at radius 1 is 1.53 bits per heavy atom. The van der Waals surface area contributed by atoms with Crippen molar-refractivity contribution in [2.24, 2.45) is 7.05 Å². The predicted octanol–water partition coefficient (Wildman–Crippen LogP) is 3.36. The molecule has 0 saturated carbocycles. The summed E-state index contributed by atoms with van der Waals surface area (Å²) in [4.78, 5) is 4.58. The van der Waals surface area contributed by atoms with Gasteiger partial charge < -0.3 is 9.88 Å². The molecule has 0 saturated heterocycles. The van der Waals surface area contributed by atoms with Crippen LogP contribution in [0.1, 0.15) is 11.4 Å². The maximum atomic E-state index is 4.58. The molecule has 0 aromatic carbocycles. The molecule has 0 spiro atoms. The average molecular weight is 247 g/mol. The second-order valence-corrected chi connectivity index (χ2v) is 4.91.